The van der Waals surface area contributed by atoms with Crippen LogP contribution in [0, 0.1) is 6.92 Å². The van der Waals surface area contributed by atoms with E-state index in [0.29, 0.717) is 13.0 Å². The monoisotopic (exact) mass is 491 g/mol. The van der Waals surface area contributed by atoms with Crippen molar-refractivity contribution in [2.75, 3.05) is 19.5 Å². The van der Waals surface area contributed by atoms with E-state index in [1.165, 1.54) is 0 Å². The second-order valence-corrected chi connectivity index (χ2v) is 10.3. The van der Waals surface area contributed by atoms with Gasteiger partial charge in [-0.2, -0.15) is 8.42 Å². The number of benzene rings is 2. The van der Waals surface area contributed by atoms with E-state index in [-0.39, 0.29) is 16.5 Å². The van der Waals surface area contributed by atoms with Crippen molar-refractivity contribution in [3.05, 3.63) is 53.1 Å². The lowest BCUT2D eigenvalue weighted by Crippen LogP contribution is -2.32. The molecule has 0 radical (unpaired) electrons. The maximum Gasteiger partial charge on any atom is 0.360 e. The summed E-state index contributed by atoms with van der Waals surface area (Å²) in [6.07, 6.45) is 1.49. The molecule has 13 heteroatoms. The zero-order chi connectivity index (χ0) is 23.1. The Kier molecular flexibility index (Phi) is 8.51. The number of nitrogens with two attached hydrogens (primary N) is 1. The summed E-state index contributed by atoms with van der Waals surface area (Å²) in [6, 6.07) is 10.7. The summed E-state index contributed by atoms with van der Waals surface area (Å²) >= 11 is 5.86. The highest BCUT2D eigenvalue weighted by atomic mass is 35.5. The molecule has 3 N–H and O–H groups in total. The number of aryl methyl sites for hydroxylation is 1. The third-order valence-electron chi connectivity index (χ3n) is 3.66. The van der Waals surface area contributed by atoms with Crippen LogP contribution >= 0.6 is 11.6 Å². The van der Waals surface area contributed by atoms with Crippen molar-refractivity contribution in [1.82, 2.24) is 5.48 Å². The van der Waals surface area contributed by atoms with Gasteiger partial charge in [-0.05, 0) is 48.0 Å². The number of oxime groups is 1. The number of hydrogen-bond acceptors (Lipinski definition) is 8. The Labute approximate surface area is 185 Å². The summed E-state index contributed by atoms with van der Waals surface area (Å²) in [7, 11) is -7.98. The maximum absolute atomic E-state index is 12.2. The number of hydroxylamine groups is 1. The Hall–Kier alpha value is -2.54. The number of rotatable bonds is 10. The van der Waals surface area contributed by atoms with Crippen LogP contribution in [0.1, 0.15) is 12.0 Å². The van der Waals surface area contributed by atoms with E-state index in [1.807, 2.05) is 31.2 Å². The highest BCUT2D eigenvalue weighted by Gasteiger charge is 2.22. The molecule has 170 valence electrons. The average Bonchev–Trinajstić information content (AvgIpc) is 2.68. The van der Waals surface area contributed by atoms with Crippen LogP contribution < -0.4 is 16.0 Å². The molecule has 2 aromatic carbocycles. The number of ether oxygens (including phenoxy) is 1. The van der Waals surface area contributed by atoms with Gasteiger partial charge in [0, 0.05) is 12.7 Å². The molecule has 0 aliphatic heterocycles. The SMILES string of the molecule is Cc1cccc(OCCCONC(N)=NOS(=O)(=O)c2ccc(S(C)(=O)=O)cc2Cl)c1. The summed E-state index contributed by atoms with van der Waals surface area (Å²) in [5, 5.41) is 2.88. The molecule has 0 bridgehead atoms. The van der Waals surface area contributed by atoms with E-state index in [1.54, 1.807) is 0 Å². The van der Waals surface area contributed by atoms with Gasteiger partial charge in [-0.15, -0.1) is 0 Å². The van der Waals surface area contributed by atoms with Crippen molar-refractivity contribution in [3.8, 4) is 5.75 Å². The molecule has 0 aromatic heterocycles. The molecule has 0 saturated heterocycles. The summed E-state index contributed by atoms with van der Waals surface area (Å²) in [4.78, 5) is 4.45. The summed E-state index contributed by atoms with van der Waals surface area (Å²) < 4.78 is 57.4. The van der Waals surface area contributed by atoms with Gasteiger partial charge in [0.2, 0.25) is 0 Å². The number of guanidine groups is 1. The fourth-order valence-corrected chi connectivity index (χ4v) is 4.18. The molecule has 10 nitrogen and oxygen atoms in total. The molecule has 0 heterocycles. The van der Waals surface area contributed by atoms with Gasteiger partial charge in [-0.1, -0.05) is 23.7 Å². The topological polar surface area (TPSA) is 146 Å². The van der Waals surface area contributed by atoms with Gasteiger partial charge in [0.25, 0.3) is 5.96 Å². The first kappa shape index (κ1) is 24.7. The van der Waals surface area contributed by atoms with Crippen LogP contribution in [0.4, 0.5) is 0 Å². The normalized spacial score (nSPS) is 12.4. The predicted molar refractivity (Wildman–Crippen MR) is 115 cm³/mol. The Morgan fingerprint density at radius 3 is 2.52 bits per heavy atom. The largest absolute Gasteiger partial charge is 0.493 e. The second-order valence-electron chi connectivity index (χ2n) is 6.34. The van der Waals surface area contributed by atoms with Crippen LogP contribution in [-0.4, -0.2) is 42.3 Å². The van der Waals surface area contributed by atoms with Crippen LogP contribution in [0.25, 0.3) is 0 Å². The smallest absolute Gasteiger partial charge is 0.360 e. The number of nitrogens with zero attached hydrogens (tertiary/aromatic N) is 1. The molecule has 0 saturated carbocycles. The lowest BCUT2D eigenvalue weighted by Gasteiger charge is -2.09. The van der Waals surface area contributed by atoms with Crippen molar-refractivity contribution in [2.24, 2.45) is 10.9 Å². The van der Waals surface area contributed by atoms with Crippen molar-refractivity contribution in [2.45, 2.75) is 23.1 Å². The van der Waals surface area contributed by atoms with E-state index in [9.17, 15) is 16.8 Å². The van der Waals surface area contributed by atoms with Crippen molar-refractivity contribution >= 4 is 37.5 Å². The summed E-state index contributed by atoms with van der Waals surface area (Å²) in [5.74, 6) is 0.294. The van der Waals surface area contributed by atoms with Crippen LogP contribution in [0.2, 0.25) is 5.02 Å². The van der Waals surface area contributed by atoms with Gasteiger partial charge in [-0.25, -0.2) is 13.9 Å². The minimum absolute atomic E-state index is 0.138. The zero-order valence-corrected chi connectivity index (χ0v) is 19.1. The molecular weight excluding hydrogens is 470 g/mol. The molecule has 0 fully saturated rings. The summed E-state index contributed by atoms with van der Waals surface area (Å²) in [5.41, 5.74) is 8.80. The Balaban J connectivity index is 1.80. The van der Waals surface area contributed by atoms with E-state index >= 15 is 0 Å². The fraction of sp³-hybridized carbons (Fsp3) is 0.278. The van der Waals surface area contributed by atoms with Gasteiger partial charge in [0.15, 0.2) is 9.84 Å². The molecule has 2 rings (SSSR count). The molecule has 31 heavy (non-hydrogen) atoms. The Morgan fingerprint density at radius 1 is 1.13 bits per heavy atom. The Bertz CT molecular complexity index is 1150. The average molecular weight is 492 g/mol. The quantitative estimate of drug-likeness (QED) is 0.220. The van der Waals surface area contributed by atoms with E-state index < -0.39 is 30.8 Å². The van der Waals surface area contributed by atoms with Crippen LogP contribution in [-0.2, 0) is 29.1 Å². The molecule has 0 unspecified atom stereocenters. The zero-order valence-electron chi connectivity index (χ0n) is 16.7. The number of nitrogens with one attached hydrogen (secondary N) is 1. The minimum Gasteiger partial charge on any atom is -0.493 e. The number of hydrogen-bond donors (Lipinski definition) is 2. The Morgan fingerprint density at radius 2 is 1.87 bits per heavy atom. The van der Waals surface area contributed by atoms with Crippen LogP contribution in [0.5, 0.6) is 5.75 Å². The van der Waals surface area contributed by atoms with Crippen LogP contribution in [0.3, 0.4) is 0 Å². The molecular formula is C18H22ClN3O7S2. The first-order valence-corrected chi connectivity index (χ1v) is 12.5. The maximum atomic E-state index is 12.2. The standard InChI is InChI=1S/C18H22ClN3O7S2/c1-13-5-3-6-14(11-13)27-9-4-10-28-21-18(20)22-29-31(25,26)17-8-7-15(12-16(17)19)30(2,23)24/h3,5-8,11-12H,4,9-10H2,1-2H3,(H3,20,21,22). The predicted octanol–water partition coefficient (Wildman–Crippen LogP) is 1.98. The number of halogens is 1. The van der Waals surface area contributed by atoms with E-state index in [0.717, 1.165) is 35.8 Å². The van der Waals surface area contributed by atoms with Gasteiger partial charge < -0.3 is 10.5 Å². The third kappa shape index (κ3) is 7.90. The van der Waals surface area contributed by atoms with Crippen LogP contribution in [0.15, 0.2) is 57.4 Å². The first-order valence-electron chi connectivity index (χ1n) is 8.83. The van der Waals surface area contributed by atoms with Gasteiger partial charge >= 0.3 is 10.1 Å². The third-order valence-corrected chi connectivity index (χ3v) is 6.36. The molecule has 0 aliphatic carbocycles. The lowest BCUT2D eigenvalue weighted by molar-refractivity contribution is 0.0719. The van der Waals surface area contributed by atoms with Gasteiger partial charge in [-0.3, -0.25) is 9.12 Å². The van der Waals surface area contributed by atoms with Crippen molar-refractivity contribution in [3.63, 3.8) is 0 Å². The molecule has 0 atom stereocenters. The highest BCUT2D eigenvalue weighted by Crippen LogP contribution is 2.26. The molecule has 0 spiro atoms. The van der Waals surface area contributed by atoms with Crippen molar-refractivity contribution < 1.29 is 30.7 Å². The van der Waals surface area contributed by atoms with Gasteiger partial charge in [0.1, 0.15) is 10.6 Å². The first-order chi connectivity index (χ1) is 14.5. The number of sulfone groups is 1. The van der Waals surface area contributed by atoms with Crippen molar-refractivity contribution in [1.29, 1.82) is 0 Å². The van der Waals surface area contributed by atoms with Gasteiger partial charge in [0.05, 0.1) is 23.1 Å². The molecule has 0 aliphatic rings. The molecule has 0 amide bonds. The molecule has 2 aromatic rings. The van der Waals surface area contributed by atoms with E-state index in [4.69, 9.17) is 26.9 Å². The second kappa shape index (κ2) is 10.7. The lowest BCUT2D eigenvalue weighted by atomic mass is 10.2. The summed E-state index contributed by atoms with van der Waals surface area (Å²) in [6.45, 7) is 2.56. The van der Waals surface area contributed by atoms with E-state index in [2.05, 4.69) is 14.9 Å². The fourth-order valence-electron chi connectivity index (χ4n) is 2.21. The highest BCUT2D eigenvalue weighted by molar-refractivity contribution is 7.90. The minimum atomic E-state index is -4.43.